The highest BCUT2D eigenvalue weighted by Crippen LogP contribution is 2.33. The van der Waals surface area contributed by atoms with Crippen molar-refractivity contribution >= 4 is 17.7 Å². The summed E-state index contributed by atoms with van der Waals surface area (Å²) in [5.74, 6) is -0.193. The lowest BCUT2D eigenvalue weighted by Crippen LogP contribution is -2.11. The molecule has 0 aliphatic heterocycles. The smallest absolute Gasteiger partial charge is 0.434 e. The molecular weight excluding hydrogens is 299 g/mol. The quantitative estimate of drug-likeness (QED) is 0.866. The van der Waals surface area contributed by atoms with Gasteiger partial charge in [0.25, 0.3) is 0 Å². The first kappa shape index (κ1) is 15.3. The van der Waals surface area contributed by atoms with Gasteiger partial charge in [-0.05, 0) is 32.0 Å². The Morgan fingerprint density at radius 2 is 2.14 bits per heavy atom. The van der Waals surface area contributed by atoms with Crippen LogP contribution in [0.5, 0.6) is 5.75 Å². The Morgan fingerprint density at radius 3 is 2.76 bits per heavy atom. The molecule has 21 heavy (non-hydrogen) atoms. The second-order valence-corrected chi connectivity index (χ2v) is 4.95. The Morgan fingerprint density at radius 1 is 1.43 bits per heavy atom. The van der Waals surface area contributed by atoms with Crippen LogP contribution in [0.25, 0.3) is 11.3 Å². The van der Waals surface area contributed by atoms with Crippen molar-refractivity contribution in [2.45, 2.75) is 20.0 Å². The van der Waals surface area contributed by atoms with Crippen LogP contribution in [-0.4, -0.2) is 29.1 Å². The van der Waals surface area contributed by atoms with Crippen LogP contribution in [0.2, 0.25) is 5.02 Å². The van der Waals surface area contributed by atoms with Crippen molar-refractivity contribution in [3.05, 3.63) is 35.2 Å². The molecule has 0 fully saturated rings. The van der Waals surface area contributed by atoms with Crippen molar-refractivity contribution in [1.29, 1.82) is 0 Å². The van der Waals surface area contributed by atoms with Gasteiger partial charge in [0, 0.05) is 11.8 Å². The molecule has 0 atom stereocenters. The second kappa shape index (κ2) is 6.13. The van der Waals surface area contributed by atoms with Crippen LogP contribution in [0, 0.1) is 5.82 Å². The number of benzene rings is 1. The third kappa shape index (κ3) is 3.33. The van der Waals surface area contributed by atoms with Gasteiger partial charge in [0.1, 0.15) is 11.6 Å². The van der Waals surface area contributed by atoms with Gasteiger partial charge in [-0.2, -0.15) is 9.78 Å². The van der Waals surface area contributed by atoms with Crippen LogP contribution in [0.15, 0.2) is 24.4 Å². The molecule has 0 unspecified atom stereocenters. The van der Waals surface area contributed by atoms with Crippen molar-refractivity contribution in [3.63, 3.8) is 0 Å². The number of hydrogen-bond acceptors (Lipinski definition) is 4. The molecule has 7 heteroatoms. The number of carbonyl (C=O) groups is 1. The standard InChI is InChI=1S/C14H14ClFN2O3/c1-8(2)21-13-6-9(11(16)7-10(13)15)12-4-5-18(17-12)14(19)20-3/h4-8H,1-3H3. The van der Waals surface area contributed by atoms with Crippen LogP contribution >= 0.6 is 11.6 Å². The Hall–Kier alpha value is -2.08. The van der Waals surface area contributed by atoms with Crippen LogP contribution in [0.1, 0.15) is 13.8 Å². The molecule has 2 aromatic rings. The van der Waals surface area contributed by atoms with Gasteiger partial charge in [-0.1, -0.05) is 11.6 Å². The fourth-order valence-corrected chi connectivity index (χ4v) is 1.93. The van der Waals surface area contributed by atoms with E-state index in [4.69, 9.17) is 16.3 Å². The molecule has 1 aromatic carbocycles. The van der Waals surface area contributed by atoms with E-state index in [1.807, 2.05) is 13.8 Å². The summed E-state index contributed by atoms with van der Waals surface area (Å²) in [6, 6.07) is 4.12. The monoisotopic (exact) mass is 312 g/mol. The third-order valence-corrected chi connectivity index (χ3v) is 2.91. The second-order valence-electron chi connectivity index (χ2n) is 4.54. The molecule has 2 rings (SSSR count). The topological polar surface area (TPSA) is 53.4 Å². The van der Waals surface area contributed by atoms with Crippen molar-refractivity contribution in [2.75, 3.05) is 7.11 Å². The first-order chi connectivity index (χ1) is 9.92. The summed E-state index contributed by atoms with van der Waals surface area (Å²) in [5.41, 5.74) is 0.473. The van der Waals surface area contributed by atoms with Crippen molar-refractivity contribution in [2.24, 2.45) is 0 Å². The number of nitrogens with zero attached hydrogens (tertiary/aromatic N) is 2. The van der Waals surface area contributed by atoms with E-state index < -0.39 is 11.9 Å². The van der Waals surface area contributed by atoms with Crippen LogP contribution in [-0.2, 0) is 4.74 Å². The third-order valence-electron chi connectivity index (χ3n) is 2.61. The molecule has 0 bridgehead atoms. The number of rotatable bonds is 3. The Balaban J connectivity index is 2.43. The maximum atomic E-state index is 14.0. The lowest BCUT2D eigenvalue weighted by molar-refractivity contribution is 0.169. The molecule has 0 saturated carbocycles. The highest BCUT2D eigenvalue weighted by atomic mass is 35.5. The molecule has 0 N–H and O–H groups in total. The van der Waals surface area contributed by atoms with Gasteiger partial charge in [-0.3, -0.25) is 0 Å². The van der Waals surface area contributed by atoms with E-state index in [9.17, 15) is 9.18 Å². The number of carbonyl (C=O) groups excluding carboxylic acids is 1. The Bertz CT molecular complexity index is 670. The zero-order chi connectivity index (χ0) is 15.6. The molecule has 0 radical (unpaired) electrons. The molecule has 0 aliphatic carbocycles. The summed E-state index contributed by atoms with van der Waals surface area (Å²) >= 11 is 5.95. The zero-order valence-corrected chi connectivity index (χ0v) is 12.5. The van der Waals surface area contributed by atoms with Crippen molar-refractivity contribution in [1.82, 2.24) is 9.78 Å². The van der Waals surface area contributed by atoms with E-state index in [0.29, 0.717) is 5.75 Å². The molecule has 5 nitrogen and oxygen atoms in total. The Labute approximate surface area is 126 Å². The summed E-state index contributed by atoms with van der Waals surface area (Å²) in [6.07, 6.45) is 0.626. The van der Waals surface area contributed by atoms with Gasteiger partial charge in [0.05, 0.1) is 23.9 Å². The first-order valence-corrected chi connectivity index (χ1v) is 6.60. The normalized spacial score (nSPS) is 10.8. The molecule has 0 saturated heterocycles. The molecular formula is C14H14ClFN2O3. The van der Waals surface area contributed by atoms with Gasteiger partial charge < -0.3 is 9.47 Å². The van der Waals surface area contributed by atoms with Gasteiger partial charge in [-0.15, -0.1) is 0 Å². The summed E-state index contributed by atoms with van der Waals surface area (Å²) < 4.78 is 25.1. The predicted octanol–water partition coefficient (Wildman–Crippen LogP) is 3.74. The molecule has 0 aliphatic rings. The highest BCUT2D eigenvalue weighted by molar-refractivity contribution is 6.32. The van der Waals surface area contributed by atoms with Crippen LogP contribution in [0.4, 0.5) is 9.18 Å². The summed E-state index contributed by atoms with van der Waals surface area (Å²) in [7, 11) is 1.24. The highest BCUT2D eigenvalue weighted by Gasteiger charge is 2.16. The lowest BCUT2D eigenvalue weighted by atomic mass is 10.1. The van der Waals surface area contributed by atoms with Gasteiger partial charge >= 0.3 is 6.09 Å². The van der Waals surface area contributed by atoms with E-state index in [2.05, 4.69) is 9.84 Å². The number of hydrogen-bond donors (Lipinski definition) is 0. The average Bonchev–Trinajstić information content (AvgIpc) is 2.90. The number of ether oxygens (including phenoxy) is 2. The average molecular weight is 313 g/mol. The maximum absolute atomic E-state index is 14.0. The molecule has 1 heterocycles. The summed E-state index contributed by atoms with van der Waals surface area (Å²) in [5, 5.41) is 4.14. The molecule has 0 spiro atoms. The number of aromatic nitrogens is 2. The SMILES string of the molecule is COC(=O)n1ccc(-c2cc(OC(C)C)c(Cl)cc2F)n1. The summed E-state index contributed by atoms with van der Waals surface area (Å²) in [4.78, 5) is 11.3. The maximum Gasteiger partial charge on any atom is 0.434 e. The van der Waals surface area contributed by atoms with Gasteiger partial charge in [0.2, 0.25) is 0 Å². The largest absolute Gasteiger partial charge is 0.489 e. The van der Waals surface area contributed by atoms with Crippen molar-refractivity contribution in [3.8, 4) is 17.0 Å². The van der Waals surface area contributed by atoms with Crippen LogP contribution in [0.3, 0.4) is 0 Å². The zero-order valence-electron chi connectivity index (χ0n) is 11.8. The lowest BCUT2D eigenvalue weighted by Gasteiger charge is -2.12. The minimum absolute atomic E-state index is 0.103. The van der Waals surface area contributed by atoms with E-state index in [0.717, 1.165) is 10.7 Å². The van der Waals surface area contributed by atoms with Gasteiger partial charge in [-0.25, -0.2) is 9.18 Å². The molecule has 1 aromatic heterocycles. The minimum Gasteiger partial charge on any atom is -0.489 e. The van der Waals surface area contributed by atoms with Gasteiger partial charge in [0.15, 0.2) is 0 Å². The number of methoxy groups -OCH3 is 1. The predicted molar refractivity (Wildman–Crippen MR) is 76.2 cm³/mol. The molecule has 0 amide bonds. The van der Waals surface area contributed by atoms with E-state index >= 15 is 0 Å². The number of halogens is 2. The van der Waals surface area contributed by atoms with Crippen molar-refractivity contribution < 1.29 is 18.7 Å². The summed E-state index contributed by atoms with van der Waals surface area (Å²) in [6.45, 7) is 3.68. The van der Waals surface area contributed by atoms with E-state index in [1.54, 1.807) is 0 Å². The van der Waals surface area contributed by atoms with Crippen LogP contribution < -0.4 is 4.74 Å². The first-order valence-electron chi connectivity index (χ1n) is 6.22. The fourth-order valence-electron chi connectivity index (χ4n) is 1.73. The molecule has 112 valence electrons. The fraction of sp³-hybridized carbons (Fsp3) is 0.286. The van der Waals surface area contributed by atoms with E-state index in [-0.39, 0.29) is 22.4 Å². The minimum atomic E-state index is -0.658. The van der Waals surface area contributed by atoms with E-state index in [1.165, 1.54) is 25.4 Å². The Kier molecular flexibility index (Phi) is 4.47.